The van der Waals surface area contributed by atoms with Crippen LogP contribution in [0.1, 0.15) is 133 Å². The molecule has 0 radical (unpaired) electrons. The van der Waals surface area contributed by atoms with E-state index in [1.807, 2.05) is 156 Å². The van der Waals surface area contributed by atoms with Crippen molar-refractivity contribution in [2.75, 3.05) is 175 Å². The minimum Gasteiger partial charge on any atom is -0.378 e. The summed E-state index contributed by atoms with van der Waals surface area (Å²) in [5.41, 5.74) is 14.0. The molecule has 0 spiro atoms. The summed E-state index contributed by atoms with van der Waals surface area (Å²) < 4.78 is 62.1. The quantitative estimate of drug-likeness (QED) is 0.0310. The van der Waals surface area contributed by atoms with Gasteiger partial charge >= 0.3 is 0 Å². The van der Waals surface area contributed by atoms with E-state index in [9.17, 15) is 36.7 Å². The highest BCUT2D eigenvalue weighted by molar-refractivity contribution is 6.15. The molecule has 4 unspecified atom stereocenters. The van der Waals surface area contributed by atoms with Crippen molar-refractivity contribution in [1.29, 1.82) is 0 Å². The minimum atomic E-state index is -1.20. The first-order chi connectivity index (χ1) is 70.1. The summed E-state index contributed by atoms with van der Waals surface area (Å²) in [5.74, 6) is 1.48. The second-order valence-corrected chi connectivity index (χ2v) is 39.6. The van der Waals surface area contributed by atoms with Crippen LogP contribution < -0.4 is 55.6 Å². The number of amides is 4. The minimum absolute atomic E-state index is 0.297. The highest BCUT2D eigenvalue weighted by atomic mass is 19.2. The van der Waals surface area contributed by atoms with Crippen molar-refractivity contribution in [1.82, 2.24) is 85.6 Å². The molecule has 4 aromatic carbocycles. The normalized spacial score (nSPS) is 19.4. The molecule has 744 valence electrons. The van der Waals surface area contributed by atoms with Gasteiger partial charge in [0, 0.05) is 172 Å². The number of aromatic nitrogens is 16. The monoisotopic (exact) mass is 1960 g/mol. The van der Waals surface area contributed by atoms with Crippen LogP contribution in [0.15, 0.2) is 220 Å². The predicted molar refractivity (Wildman–Crippen MR) is 559 cm³/mol. The molecular formula is C108H114F4N28O5. The predicted octanol–water partition coefficient (Wildman–Crippen LogP) is 18.3. The van der Waals surface area contributed by atoms with Crippen LogP contribution >= 0.6 is 0 Å². The molecular weight excluding hydrogens is 1850 g/mol. The lowest BCUT2D eigenvalue weighted by Gasteiger charge is -2.28. The largest absolute Gasteiger partial charge is 0.378 e. The molecule has 19 heterocycles. The Kier molecular flexibility index (Phi) is 27.7. The lowest BCUT2D eigenvalue weighted by molar-refractivity contribution is 0.101. The number of hydrogen-bond donors (Lipinski definition) is 8. The van der Waals surface area contributed by atoms with Crippen molar-refractivity contribution in [3.63, 3.8) is 0 Å². The van der Waals surface area contributed by atoms with E-state index in [0.29, 0.717) is 160 Å². The standard InChI is InChI=1S/C28H30FN7O.C27H28FN7O2.C27H28FN7O.C26H28FN7O/c1-28(29)9-12-36(18-28)25-8-6-21(16-31-25)32-27(37)26-23-14-19(5-7-24(23)33-34-26)20-13-22(17-30-15-20)35-10-3-2-4-11-35;1-27(28)6-7-35(17-27)24-5-3-20(15-30-24)31-26(36)25-22-13-18(2-4-23(22)32-33-25)19-12-21(16-29-14-19)34-8-10-37-11-9-34;1-27(28)8-11-35(17-27)24-7-5-20(15-30-24)31-26(36)25-22-13-18(4-6-23(22)32-33-25)19-12-21(16-29-14-19)34-9-2-3-10-34;1-26(27)8-9-34(16-26)23-7-5-20(14-29-23)30-25(35)24-21-11-18(4-6-22(21)31-32-24)19-10-17(12-28-13-19)15-33(2)3/h5-8,13-17H,2-4,9-12,18H2,1H3,(H,32,37)(H,33,34);2-5,12-16H,6-11,17H2,1H3,(H,31,36)(H,32,33);4-7,12-16H,2-3,8-11,17H2,1H3,(H,31,36)(H,32,33);4-7,10-14H,8-9,15-16H2,1-3H3,(H,30,35)(H,31,32). The number of rotatable bonds is 21. The third-order valence-corrected chi connectivity index (χ3v) is 27.5. The van der Waals surface area contributed by atoms with Crippen molar-refractivity contribution in [2.45, 2.75) is 115 Å². The number of nitrogens with zero attached hydrogens (tertiary/aromatic N) is 20. The highest BCUT2D eigenvalue weighted by Gasteiger charge is 2.39. The van der Waals surface area contributed by atoms with E-state index < -0.39 is 22.7 Å². The molecule has 4 atom stereocenters. The van der Waals surface area contributed by atoms with Crippen molar-refractivity contribution >= 4 is 130 Å². The van der Waals surface area contributed by atoms with Crippen molar-refractivity contribution in [2.24, 2.45) is 0 Å². The zero-order chi connectivity index (χ0) is 100. The van der Waals surface area contributed by atoms with Crippen LogP contribution in [0, 0.1) is 0 Å². The molecule has 7 aliphatic heterocycles. The van der Waals surface area contributed by atoms with Crippen LogP contribution in [0.5, 0.6) is 0 Å². The fourth-order valence-electron chi connectivity index (χ4n) is 19.6. The van der Waals surface area contributed by atoms with E-state index in [2.05, 4.69) is 146 Å². The molecule has 0 saturated carbocycles. The van der Waals surface area contributed by atoms with E-state index in [1.54, 1.807) is 101 Å². The van der Waals surface area contributed by atoms with E-state index in [4.69, 9.17) is 4.74 Å². The van der Waals surface area contributed by atoms with Gasteiger partial charge in [-0.3, -0.25) is 59.5 Å². The number of morpholine rings is 1. The first-order valence-electron chi connectivity index (χ1n) is 49.2. The molecule has 8 N–H and O–H groups in total. The first-order valence-corrected chi connectivity index (χ1v) is 49.2. The average Bonchev–Trinajstić information content (AvgIpc) is 1.67. The summed E-state index contributed by atoms with van der Waals surface area (Å²) in [4.78, 5) is 105. The number of alkyl halides is 4. The van der Waals surface area contributed by atoms with Crippen LogP contribution in [0.3, 0.4) is 0 Å². The van der Waals surface area contributed by atoms with Gasteiger partial charge in [-0.25, -0.2) is 37.5 Å². The summed E-state index contributed by atoms with van der Waals surface area (Å²) in [6.07, 6.45) is 29.3. The van der Waals surface area contributed by atoms with Crippen LogP contribution in [0.2, 0.25) is 0 Å². The second kappa shape index (κ2) is 41.6. The van der Waals surface area contributed by atoms with Gasteiger partial charge < -0.3 is 65.2 Å². The van der Waals surface area contributed by atoms with Gasteiger partial charge in [-0.2, -0.15) is 20.4 Å². The SMILES string of the molecule is CC1(F)CCN(c2ccc(NC(=O)c3n[nH]c4ccc(-c5cncc(N6CCCC6)c5)cc34)cn2)C1.CC1(F)CCN(c2ccc(NC(=O)c3n[nH]c4ccc(-c5cncc(N6CCCCC6)c5)cc34)cn2)C1.CC1(F)CCN(c2ccc(NC(=O)c3n[nH]c4ccc(-c5cncc(N6CCOCC6)c5)cc34)cn2)C1.CN(C)Cc1cncc(-c2ccc3[nH]nc(C(=O)Nc4ccc(N5CCC(C)(F)C5)nc4)c3c2)c1. The number of benzene rings is 4. The third-order valence-electron chi connectivity index (χ3n) is 27.5. The van der Waals surface area contributed by atoms with E-state index in [-0.39, 0.29) is 23.6 Å². The molecule has 23 rings (SSSR count). The first kappa shape index (κ1) is 96.6. The van der Waals surface area contributed by atoms with E-state index in [0.717, 1.165) is 157 Å². The van der Waals surface area contributed by atoms with Crippen LogP contribution in [-0.2, 0) is 11.3 Å². The Morgan fingerprint density at radius 2 is 0.593 bits per heavy atom. The van der Waals surface area contributed by atoms with Crippen LogP contribution in [0.25, 0.3) is 88.1 Å². The summed E-state index contributed by atoms with van der Waals surface area (Å²) >= 11 is 0. The number of pyridine rings is 8. The Morgan fingerprint density at radius 1 is 0.317 bits per heavy atom. The Bertz CT molecular complexity index is 7140. The number of nitrogens with one attached hydrogen (secondary N) is 8. The zero-order valence-corrected chi connectivity index (χ0v) is 81.7. The number of H-pyrrole nitrogens is 4. The molecule has 33 nitrogen and oxygen atoms in total. The molecule has 16 aromatic rings. The molecule has 12 aromatic heterocycles. The Morgan fingerprint density at radius 3 is 0.862 bits per heavy atom. The number of carbonyl (C=O) groups excluding carboxylic acids is 4. The maximum atomic E-state index is 14.2. The summed E-state index contributed by atoms with van der Waals surface area (Å²) in [5, 5.41) is 43.3. The van der Waals surface area contributed by atoms with Crippen molar-refractivity contribution in [3.05, 3.63) is 248 Å². The maximum absolute atomic E-state index is 14.2. The van der Waals surface area contributed by atoms with Crippen LogP contribution in [0.4, 0.5) is 80.6 Å². The number of carbonyl (C=O) groups is 4. The zero-order valence-electron chi connectivity index (χ0n) is 81.7. The fraction of sp³-hybridized carbons (Fsp3) is 0.333. The molecule has 4 amide bonds. The number of fused-ring (bicyclic) bond motifs is 4. The van der Waals surface area contributed by atoms with Gasteiger partial charge in [0.25, 0.3) is 23.6 Å². The summed E-state index contributed by atoms with van der Waals surface area (Å²) in [6.45, 7) is 18.3. The molecule has 0 aliphatic carbocycles. The maximum Gasteiger partial charge on any atom is 0.276 e. The van der Waals surface area contributed by atoms with Crippen molar-refractivity contribution in [3.8, 4) is 44.5 Å². The van der Waals surface area contributed by atoms with Crippen LogP contribution in [-0.4, -0.2) is 251 Å². The smallest absolute Gasteiger partial charge is 0.276 e. The molecule has 37 heteroatoms. The second-order valence-electron chi connectivity index (χ2n) is 39.6. The number of hydrogen-bond acceptors (Lipinski definition) is 25. The fourth-order valence-corrected chi connectivity index (χ4v) is 19.6. The number of piperidine rings is 1. The third kappa shape index (κ3) is 22.8. The molecule has 7 aliphatic rings. The van der Waals surface area contributed by atoms with Gasteiger partial charge in [0.05, 0.1) is 145 Å². The summed E-state index contributed by atoms with van der Waals surface area (Å²) in [7, 11) is 4.04. The van der Waals surface area contributed by atoms with Gasteiger partial charge in [-0.05, 0) is 223 Å². The van der Waals surface area contributed by atoms with E-state index >= 15 is 0 Å². The van der Waals surface area contributed by atoms with Gasteiger partial charge in [-0.1, -0.05) is 24.3 Å². The topological polar surface area (TPSA) is 369 Å². The molecule has 145 heavy (non-hydrogen) atoms. The van der Waals surface area contributed by atoms with Gasteiger partial charge in [0.15, 0.2) is 22.8 Å². The molecule has 0 bridgehead atoms. The Balaban J connectivity index is 0.000000118. The average molecular weight is 1960 g/mol. The number of halogens is 4. The number of aromatic amines is 4. The van der Waals surface area contributed by atoms with Gasteiger partial charge in [-0.15, -0.1) is 0 Å². The summed E-state index contributed by atoms with van der Waals surface area (Å²) in [6, 6.07) is 46.4. The molecule has 7 saturated heterocycles. The molecule has 7 fully saturated rings. The lowest BCUT2D eigenvalue weighted by atomic mass is 10.0. The Hall–Kier alpha value is -15.9. The van der Waals surface area contributed by atoms with E-state index in [1.165, 1.54) is 32.1 Å². The van der Waals surface area contributed by atoms with Gasteiger partial charge in [0.1, 0.15) is 45.9 Å². The number of ether oxygens (including phenoxy) is 1. The lowest BCUT2D eigenvalue weighted by Crippen LogP contribution is -2.36. The Labute approximate surface area is 834 Å². The van der Waals surface area contributed by atoms with Crippen molar-refractivity contribution < 1.29 is 41.5 Å². The van der Waals surface area contributed by atoms with Gasteiger partial charge in [0.2, 0.25) is 0 Å². The number of anilines is 11. The highest BCUT2D eigenvalue weighted by Crippen LogP contribution is 2.39.